The Morgan fingerprint density at radius 2 is 1.89 bits per heavy atom. The fourth-order valence-electron chi connectivity index (χ4n) is 2.07. The maximum absolute atomic E-state index is 6.30. The highest BCUT2D eigenvalue weighted by Crippen LogP contribution is 2.33. The molecule has 3 heteroatoms. The molecule has 0 aromatic heterocycles. The van der Waals surface area contributed by atoms with Gasteiger partial charge in [0.25, 0.3) is 0 Å². The first-order chi connectivity index (χ1) is 8.63. The van der Waals surface area contributed by atoms with Crippen LogP contribution in [-0.2, 0) is 6.54 Å². The first-order valence-corrected chi connectivity index (χ1v) is 6.29. The van der Waals surface area contributed by atoms with Crippen molar-refractivity contribution >= 4 is 23.0 Å². The lowest BCUT2D eigenvalue weighted by Crippen LogP contribution is -2.14. The molecule has 0 spiro atoms. The van der Waals surface area contributed by atoms with Crippen LogP contribution in [0, 0.1) is 6.92 Å². The maximum Gasteiger partial charge on any atom is 0.0646 e. The van der Waals surface area contributed by atoms with Gasteiger partial charge in [0.1, 0.15) is 0 Å². The molecule has 0 saturated carbocycles. The van der Waals surface area contributed by atoms with Gasteiger partial charge in [-0.1, -0.05) is 35.9 Å². The summed E-state index contributed by atoms with van der Waals surface area (Å²) >= 11 is 6.30. The Morgan fingerprint density at radius 3 is 2.56 bits per heavy atom. The molecule has 94 valence electrons. The molecule has 0 atom stereocenters. The number of benzene rings is 2. The van der Waals surface area contributed by atoms with E-state index in [2.05, 4.69) is 30.0 Å². The molecule has 0 aliphatic carbocycles. The highest BCUT2D eigenvalue weighted by molar-refractivity contribution is 6.33. The maximum atomic E-state index is 6.30. The fourth-order valence-corrected chi connectivity index (χ4v) is 2.39. The van der Waals surface area contributed by atoms with E-state index in [4.69, 9.17) is 17.3 Å². The molecule has 0 unspecified atom stereocenters. The van der Waals surface area contributed by atoms with Crippen LogP contribution in [0.4, 0.5) is 11.4 Å². The first kappa shape index (κ1) is 12.9. The number of nitrogens with two attached hydrogens (primary N) is 1. The number of rotatable bonds is 3. The summed E-state index contributed by atoms with van der Waals surface area (Å²) in [5, 5.41) is 0.724. The van der Waals surface area contributed by atoms with Crippen LogP contribution in [0.1, 0.15) is 11.1 Å². The van der Waals surface area contributed by atoms with Crippen molar-refractivity contribution in [3.8, 4) is 0 Å². The van der Waals surface area contributed by atoms with Crippen molar-refractivity contribution < 1.29 is 0 Å². The Balaban J connectivity index is 2.48. The van der Waals surface area contributed by atoms with Crippen LogP contribution in [0.2, 0.25) is 5.02 Å². The summed E-state index contributed by atoms with van der Waals surface area (Å²) in [6.45, 7) is 2.56. The molecule has 0 bridgehead atoms. The average Bonchev–Trinajstić information content (AvgIpc) is 2.37. The lowest BCUT2D eigenvalue weighted by Gasteiger charge is -2.24. The smallest absolute Gasteiger partial charge is 0.0646 e. The third kappa shape index (κ3) is 2.50. The van der Waals surface area contributed by atoms with E-state index in [-0.39, 0.29) is 0 Å². The van der Waals surface area contributed by atoms with E-state index >= 15 is 0 Å². The van der Waals surface area contributed by atoms with Gasteiger partial charge in [-0.3, -0.25) is 0 Å². The summed E-state index contributed by atoms with van der Waals surface area (Å²) in [5.41, 5.74) is 10.1. The van der Waals surface area contributed by atoms with Gasteiger partial charge in [-0.15, -0.1) is 0 Å². The summed E-state index contributed by atoms with van der Waals surface area (Å²) in [6.07, 6.45) is 0. The van der Waals surface area contributed by atoms with Crippen molar-refractivity contribution in [2.24, 2.45) is 5.73 Å². The molecular formula is C15H17ClN2. The van der Waals surface area contributed by atoms with E-state index < -0.39 is 0 Å². The van der Waals surface area contributed by atoms with Gasteiger partial charge in [0, 0.05) is 19.3 Å². The molecule has 2 nitrogen and oxygen atoms in total. The van der Waals surface area contributed by atoms with Crippen LogP contribution in [0.5, 0.6) is 0 Å². The Kier molecular flexibility index (Phi) is 3.90. The van der Waals surface area contributed by atoms with E-state index in [1.165, 1.54) is 5.56 Å². The highest BCUT2D eigenvalue weighted by atomic mass is 35.5. The molecule has 0 fully saturated rings. The zero-order chi connectivity index (χ0) is 13.1. The number of anilines is 2. The number of hydrogen-bond donors (Lipinski definition) is 1. The lowest BCUT2D eigenvalue weighted by molar-refractivity contribution is 1.05. The number of aryl methyl sites for hydroxylation is 1. The molecule has 0 radical (unpaired) electrons. The number of hydrogen-bond acceptors (Lipinski definition) is 2. The van der Waals surface area contributed by atoms with Gasteiger partial charge in [0.2, 0.25) is 0 Å². The SMILES string of the molecule is Cc1cccc(N(C)c2c(Cl)cccc2CN)c1. The summed E-state index contributed by atoms with van der Waals surface area (Å²) in [4.78, 5) is 2.08. The molecule has 0 aliphatic heterocycles. The molecule has 2 rings (SSSR count). The average molecular weight is 261 g/mol. The summed E-state index contributed by atoms with van der Waals surface area (Å²) in [6, 6.07) is 14.1. The molecule has 2 N–H and O–H groups in total. The second-order valence-corrected chi connectivity index (χ2v) is 4.76. The quantitative estimate of drug-likeness (QED) is 0.908. The van der Waals surface area contributed by atoms with Crippen molar-refractivity contribution in [3.05, 3.63) is 58.6 Å². The van der Waals surface area contributed by atoms with Crippen molar-refractivity contribution in [2.45, 2.75) is 13.5 Å². The van der Waals surface area contributed by atoms with E-state index in [1.807, 2.05) is 31.3 Å². The number of para-hydroxylation sites is 1. The minimum absolute atomic E-state index is 0.478. The van der Waals surface area contributed by atoms with Gasteiger partial charge in [-0.25, -0.2) is 0 Å². The standard InChI is InChI=1S/C15H17ClN2/c1-11-5-3-7-13(9-11)18(2)15-12(10-17)6-4-8-14(15)16/h3-9H,10,17H2,1-2H3. The molecular weight excluding hydrogens is 244 g/mol. The largest absolute Gasteiger partial charge is 0.343 e. The molecule has 2 aromatic rings. The Morgan fingerprint density at radius 1 is 1.17 bits per heavy atom. The van der Waals surface area contributed by atoms with Crippen molar-refractivity contribution in [3.63, 3.8) is 0 Å². The highest BCUT2D eigenvalue weighted by Gasteiger charge is 2.12. The molecule has 18 heavy (non-hydrogen) atoms. The normalized spacial score (nSPS) is 10.4. The first-order valence-electron chi connectivity index (χ1n) is 5.91. The molecule has 0 aliphatic rings. The van der Waals surface area contributed by atoms with E-state index in [9.17, 15) is 0 Å². The second kappa shape index (κ2) is 5.42. The van der Waals surface area contributed by atoms with Crippen LogP contribution in [0.15, 0.2) is 42.5 Å². The topological polar surface area (TPSA) is 29.3 Å². The number of nitrogens with zero attached hydrogens (tertiary/aromatic N) is 1. The van der Waals surface area contributed by atoms with Crippen LogP contribution in [0.25, 0.3) is 0 Å². The van der Waals surface area contributed by atoms with Gasteiger partial charge < -0.3 is 10.6 Å². The predicted octanol–water partition coefficient (Wildman–Crippen LogP) is 3.88. The van der Waals surface area contributed by atoms with Gasteiger partial charge in [0.15, 0.2) is 0 Å². The van der Waals surface area contributed by atoms with Crippen LogP contribution >= 0.6 is 11.6 Å². The van der Waals surface area contributed by atoms with Gasteiger partial charge in [-0.2, -0.15) is 0 Å². The molecule has 0 saturated heterocycles. The zero-order valence-electron chi connectivity index (χ0n) is 10.7. The monoisotopic (exact) mass is 260 g/mol. The molecule has 0 heterocycles. The number of halogens is 1. The molecule has 2 aromatic carbocycles. The Labute approximate surface area is 113 Å². The van der Waals surface area contributed by atoms with Crippen molar-refractivity contribution in [1.82, 2.24) is 0 Å². The third-order valence-corrected chi connectivity index (χ3v) is 3.32. The van der Waals surface area contributed by atoms with E-state index in [0.717, 1.165) is 22.0 Å². The minimum atomic E-state index is 0.478. The van der Waals surface area contributed by atoms with Gasteiger partial charge in [0.05, 0.1) is 10.7 Å². The Bertz CT molecular complexity index is 552. The lowest BCUT2D eigenvalue weighted by atomic mass is 10.1. The van der Waals surface area contributed by atoms with Crippen molar-refractivity contribution in [1.29, 1.82) is 0 Å². The van der Waals surface area contributed by atoms with E-state index in [0.29, 0.717) is 6.54 Å². The summed E-state index contributed by atoms with van der Waals surface area (Å²) in [7, 11) is 2.01. The van der Waals surface area contributed by atoms with Crippen molar-refractivity contribution in [2.75, 3.05) is 11.9 Å². The third-order valence-electron chi connectivity index (χ3n) is 3.01. The zero-order valence-corrected chi connectivity index (χ0v) is 11.4. The fraction of sp³-hybridized carbons (Fsp3) is 0.200. The van der Waals surface area contributed by atoms with Gasteiger partial charge >= 0.3 is 0 Å². The summed E-state index contributed by atoms with van der Waals surface area (Å²) in [5.74, 6) is 0. The van der Waals surface area contributed by atoms with Crippen LogP contribution in [-0.4, -0.2) is 7.05 Å². The van der Waals surface area contributed by atoms with Crippen LogP contribution < -0.4 is 10.6 Å². The Hall–Kier alpha value is -1.51. The second-order valence-electron chi connectivity index (χ2n) is 4.35. The predicted molar refractivity (Wildman–Crippen MR) is 78.6 cm³/mol. The minimum Gasteiger partial charge on any atom is -0.343 e. The summed E-state index contributed by atoms with van der Waals surface area (Å²) < 4.78 is 0. The van der Waals surface area contributed by atoms with Gasteiger partial charge in [-0.05, 0) is 36.2 Å². The van der Waals surface area contributed by atoms with E-state index in [1.54, 1.807) is 0 Å². The van der Waals surface area contributed by atoms with Crippen LogP contribution in [0.3, 0.4) is 0 Å². The molecule has 0 amide bonds.